The molecule has 29 heavy (non-hydrogen) atoms. The maximum absolute atomic E-state index is 5.70. The summed E-state index contributed by atoms with van der Waals surface area (Å²) < 4.78 is 13.3. The molecule has 0 bridgehead atoms. The first kappa shape index (κ1) is 20.4. The lowest BCUT2D eigenvalue weighted by Gasteiger charge is -2.14. The van der Waals surface area contributed by atoms with Crippen LogP contribution in [0.5, 0.6) is 11.5 Å². The van der Waals surface area contributed by atoms with Crippen LogP contribution in [-0.2, 0) is 13.0 Å². The molecule has 0 aliphatic rings. The van der Waals surface area contributed by atoms with Crippen LogP contribution >= 0.6 is 0 Å². The van der Waals surface area contributed by atoms with E-state index in [2.05, 4.69) is 31.9 Å². The van der Waals surface area contributed by atoms with E-state index < -0.39 is 0 Å². The minimum Gasteiger partial charge on any atom is -0.490 e. The van der Waals surface area contributed by atoms with E-state index in [4.69, 9.17) is 9.47 Å². The van der Waals surface area contributed by atoms with Gasteiger partial charge in [0.25, 0.3) is 0 Å². The Kier molecular flexibility index (Phi) is 7.27. The van der Waals surface area contributed by atoms with Gasteiger partial charge in [-0.05, 0) is 50.1 Å². The molecular weight excluding hydrogens is 368 g/mol. The number of ether oxygens (including phenoxy) is 2. The fourth-order valence-electron chi connectivity index (χ4n) is 2.97. The summed E-state index contributed by atoms with van der Waals surface area (Å²) in [6.07, 6.45) is 2.78. The van der Waals surface area contributed by atoms with Crippen LogP contribution in [0.4, 0.5) is 0 Å². The lowest BCUT2D eigenvalue weighted by Crippen LogP contribution is -2.38. The molecule has 2 N–H and O–H groups in total. The van der Waals surface area contributed by atoms with E-state index in [0.29, 0.717) is 25.7 Å². The van der Waals surface area contributed by atoms with Crippen LogP contribution in [0, 0.1) is 0 Å². The fourth-order valence-corrected chi connectivity index (χ4v) is 2.97. The molecule has 0 radical (unpaired) electrons. The van der Waals surface area contributed by atoms with Crippen molar-refractivity contribution in [3.8, 4) is 11.5 Å². The molecule has 0 amide bonds. The average molecular weight is 396 g/mol. The molecule has 1 aromatic carbocycles. The molecule has 0 unspecified atom stereocenters. The van der Waals surface area contributed by atoms with E-state index in [0.717, 1.165) is 35.9 Å². The third-order valence-corrected chi connectivity index (χ3v) is 4.34. The quantitative estimate of drug-likeness (QED) is 0.427. The van der Waals surface area contributed by atoms with E-state index in [-0.39, 0.29) is 0 Å². The molecule has 0 aliphatic heterocycles. The number of rotatable bonds is 9. The Morgan fingerprint density at radius 2 is 1.86 bits per heavy atom. The summed E-state index contributed by atoms with van der Waals surface area (Å²) in [4.78, 5) is 4.28. The Hall–Kier alpha value is -3.29. The minimum absolute atomic E-state index is 0.530. The number of hydrogen-bond acceptors (Lipinski definition) is 5. The molecule has 2 heterocycles. The van der Waals surface area contributed by atoms with E-state index in [1.54, 1.807) is 7.05 Å². The van der Waals surface area contributed by atoms with Crippen LogP contribution in [0.3, 0.4) is 0 Å². The van der Waals surface area contributed by atoms with Crippen LogP contribution in [0.1, 0.15) is 25.2 Å². The van der Waals surface area contributed by atoms with Gasteiger partial charge in [0.05, 0.1) is 19.8 Å². The first-order chi connectivity index (χ1) is 14.2. The molecule has 8 heteroatoms. The standard InChI is InChI=1S/C21H28N6O2/c1-4-28-17-10-9-16(14-18(17)29-5-2)11-12-23-21(22-3)24-15-20-26-25-19-8-6-7-13-27(19)20/h6-10,13-14H,4-5,11-12,15H2,1-3H3,(H2,22,23,24). The highest BCUT2D eigenvalue weighted by Crippen LogP contribution is 2.28. The molecule has 3 aromatic rings. The minimum atomic E-state index is 0.530. The Labute approximate surface area is 171 Å². The van der Waals surface area contributed by atoms with E-state index in [1.165, 1.54) is 5.56 Å². The monoisotopic (exact) mass is 396 g/mol. The number of hydrogen-bond donors (Lipinski definition) is 2. The van der Waals surface area contributed by atoms with Crippen LogP contribution in [0.25, 0.3) is 5.65 Å². The summed E-state index contributed by atoms with van der Waals surface area (Å²) >= 11 is 0. The Morgan fingerprint density at radius 3 is 2.66 bits per heavy atom. The normalized spacial score (nSPS) is 11.5. The smallest absolute Gasteiger partial charge is 0.191 e. The third kappa shape index (κ3) is 5.37. The Morgan fingerprint density at radius 1 is 1.03 bits per heavy atom. The summed E-state index contributed by atoms with van der Waals surface area (Å²) in [7, 11) is 1.75. The van der Waals surface area contributed by atoms with Crippen molar-refractivity contribution in [2.45, 2.75) is 26.8 Å². The molecule has 0 aliphatic carbocycles. The van der Waals surface area contributed by atoms with Crippen molar-refractivity contribution in [1.82, 2.24) is 25.2 Å². The van der Waals surface area contributed by atoms with E-state index in [9.17, 15) is 0 Å². The van der Waals surface area contributed by atoms with E-state index in [1.807, 2.05) is 54.8 Å². The number of nitrogens with zero attached hydrogens (tertiary/aromatic N) is 4. The van der Waals surface area contributed by atoms with Crippen LogP contribution in [-0.4, -0.2) is 47.4 Å². The van der Waals surface area contributed by atoms with Gasteiger partial charge in [0.2, 0.25) is 0 Å². The van der Waals surface area contributed by atoms with Crippen molar-refractivity contribution >= 4 is 11.6 Å². The number of guanidine groups is 1. The van der Waals surface area contributed by atoms with Crippen molar-refractivity contribution in [3.05, 3.63) is 54.0 Å². The first-order valence-electron chi connectivity index (χ1n) is 9.86. The fraction of sp³-hybridized carbons (Fsp3) is 0.381. The van der Waals surface area contributed by atoms with Crippen LogP contribution in [0.2, 0.25) is 0 Å². The van der Waals surface area contributed by atoms with Gasteiger partial charge in [0.15, 0.2) is 28.9 Å². The topological polar surface area (TPSA) is 85.1 Å². The first-order valence-corrected chi connectivity index (χ1v) is 9.86. The van der Waals surface area contributed by atoms with Gasteiger partial charge in [-0.25, -0.2) is 0 Å². The number of fused-ring (bicyclic) bond motifs is 1. The van der Waals surface area contributed by atoms with Crippen molar-refractivity contribution < 1.29 is 9.47 Å². The van der Waals surface area contributed by atoms with Gasteiger partial charge in [0.1, 0.15) is 0 Å². The molecule has 0 atom stereocenters. The highest BCUT2D eigenvalue weighted by molar-refractivity contribution is 5.79. The zero-order valence-electron chi connectivity index (χ0n) is 17.2. The number of pyridine rings is 1. The number of benzene rings is 1. The van der Waals surface area contributed by atoms with Crippen molar-refractivity contribution in [2.75, 3.05) is 26.8 Å². The molecule has 0 saturated heterocycles. The predicted octanol–water partition coefficient (Wildman–Crippen LogP) is 2.43. The molecule has 0 saturated carbocycles. The Balaban J connectivity index is 1.52. The van der Waals surface area contributed by atoms with Gasteiger partial charge in [-0.1, -0.05) is 12.1 Å². The number of nitrogens with one attached hydrogen (secondary N) is 2. The molecule has 2 aromatic heterocycles. The van der Waals surface area contributed by atoms with Crippen molar-refractivity contribution in [2.24, 2.45) is 4.99 Å². The van der Waals surface area contributed by atoms with Gasteiger partial charge in [-0.2, -0.15) is 0 Å². The zero-order chi connectivity index (χ0) is 20.5. The highest BCUT2D eigenvalue weighted by atomic mass is 16.5. The lowest BCUT2D eigenvalue weighted by molar-refractivity contribution is 0.287. The second kappa shape index (κ2) is 10.3. The Bertz CT molecular complexity index is 953. The van der Waals surface area contributed by atoms with Gasteiger partial charge < -0.3 is 20.1 Å². The average Bonchev–Trinajstić information content (AvgIpc) is 3.16. The molecule has 154 valence electrons. The van der Waals surface area contributed by atoms with Crippen molar-refractivity contribution in [3.63, 3.8) is 0 Å². The highest BCUT2D eigenvalue weighted by Gasteiger charge is 2.08. The lowest BCUT2D eigenvalue weighted by atomic mass is 10.1. The second-order valence-electron chi connectivity index (χ2n) is 6.29. The van der Waals surface area contributed by atoms with Gasteiger partial charge in [-0.3, -0.25) is 9.39 Å². The summed E-state index contributed by atoms with van der Waals surface area (Å²) in [6.45, 7) is 6.43. The zero-order valence-corrected chi connectivity index (χ0v) is 17.2. The molecule has 0 fully saturated rings. The summed E-state index contributed by atoms with van der Waals surface area (Å²) in [5.74, 6) is 3.11. The molecule has 3 rings (SSSR count). The third-order valence-electron chi connectivity index (χ3n) is 4.34. The summed E-state index contributed by atoms with van der Waals surface area (Å²) in [6, 6.07) is 11.9. The largest absolute Gasteiger partial charge is 0.490 e. The predicted molar refractivity (Wildman–Crippen MR) is 114 cm³/mol. The van der Waals surface area contributed by atoms with E-state index >= 15 is 0 Å². The SMILES string of the molecule is CCOc1ccc(CCNC(=NC)NCc2nnc3ccccn23)cc1OCC. The maximum Gasteiger partial charge on any atom is 0.191 e. The molecule has 0 spiro atoms. The van der Waals surface area contributed by atoms with Crippen LogP contribution in [0.15, 0.2) is 47.6 Å². The van der Waals surface area contributed by atoms with Gasteiger partial charge in [0, 0.05) is 19.8 Å². The summed E-state index contributed by atoms with van der Waals surface area (Å²) in [5.41, 5.74) is 2.00. The van der Waals surface area contributed by atoms with Crippen LogP contribution < -0.4 is 20.1 Å². The molecule has 8 nitrogen and oxygen atoms in total. The second-order valence-corrected chi connectivity index (χ2v) is 6.29. The number of aromatic nitrogens is 3. The maximum atomic E-state index is 5.70. The summed E-state index contributed by atoms with van der Waals surface area (Å²) in [5, 5.41) is 15.0. The van der Waals surface area contributed by atoms with Gasteiger partial charge >= 0.3 is 0 Å². The number of aliphatic imine (C=N–C) groups is 1. The van der Waals surface area contributed by atoms with Gasteiger partial charge in [-0.15, -0.1) is 10.2 Å². The van der Waals surface area contributed by atoms with Crippen molar-refractivity contribution in [1.29, 1.82) is 0 Å². The molecular formula is C21H28N6O2.